The summed E-state index contributed by atoms with van der Waals surface area (Å²) in [5.74, 6) is 0.454. The van der Waals surface area contributed by atoms with Crippen LogP contribution in [-0.2, 0) is 17.9 Å². The Labute approximate surface area is 163 Å². The Morgan fingerprint density at radius 3 is 2.70 bits per heavy atom. The number of aromatic nitrogens is 2. The molecule has 1 N–H and O–H groups in total. The largest absolute Gasteiger partial charge is 0.481 e. The van der Waals surface area contributed by atoms with Crippen LogP contribution < -0.4 is 10.1 Å². The van der Waals surface area contributed by atoms with Gasteiger partial charge in [-0.25, -0.2) is 0 Å². The fourth-order valence-electron chi connectivity index (χ4n) is 2.73. The van der Waals surface area contributed by atoms with Crippen molar-refractivity contribution in [3.05, 3.63) is 82.6 Å². The molecule has 6 heteroatoms. The molecule has 0 aliphatic heterocycles. The van der Waals surface area contributed by atoms with Gasteiger partial charge in [0.2, 0.25) is 0 Å². The number of carbonyl (C=O) groups excluding carboxylic acids is 1. The van der Waals surface area contributed by atoms with Gasteiger partial charge in [-0.15, -0.1) is 0 Å². The van der Waals surface area contributed by atoms with E-state index in [0.717, 1.165) is 16.7 Å². The number of amides is 1. The molecule has 5 nitrogen and oxygen atoms in total. The zero-order valence-corrected chi connectivity index (χ0v) is 16.1. The molecule has 1 amide bonds. The SMILES string of the molecule is Cc1cc(OC(C)C(=O)NCc2ccccc2Cn2cccn2)ccc1Cl. The lowest BCUT2D eigenvalue weighted by atomic mass is 10.1. The minimum atomic E-state index is -0.608. The summed E-state index contributed by atoms with van der Waals surface area (Å²) in [5.41, 5.74) is 3.08. The van der Waals surface area contributed by atoms with E-state index in [4.69, 9.17) is 16.3 Å². The molecule has 2 aromatic carbocycles. The van der Waals surface area contributed by atoms with Gasteiger partial charge in [-0.3, -0.25) is 9.48 Å². The second-order valence-electron chi connectivity index (χ2n) is 6.36. The molecule has 3 aromatic rings. The molecular formula is C21H22ClN3O2. The van der Waals surface area contributed by atoms with Crippen LogP contribution in [0.4, 0.5) is 0 Å². The molecule has 0 radical (unpaired) electrons. The molecule has 0 saturated heterocycles. The Balaban J connectivity index is 1.59. The summed E-state index contributed by atoms with van der Waals surface area (Å²) >= 11 is 6.02. The van der Waals surface area contributed by atoms with Crippen molar-refractivity contribution < 1.29 is 9.53 Å². The molecule has 1 aromatic heterocycles. The van der Waals surface area contributed by atoms with Gasteiger partial charge in [0.1, 0.15) is 5.75 Å². The van der Waals surface area contributed by atoms with Crippen LogP contribution >= 0.6 is 11.6 Å². The summed E-state index contributed by atoms with van der Waals surface area (Å²) in [6, 6.07) is 15.2. The van der Waals surface area contributed by atoms with Crippen LogP contribution in [0.25, 0.3) is 0 Å². The third-order valence-corrected chi connectivity index (χ3v) is 4.70. The molecule has 0 saturated carbocycles. The lowest BCUT2D eigenvalue weighted by Gasteiger charge is -2.16. The Morgan fingerprint density at radius 1 is 1.22 bits per heavy atom. The molecule has 0 aliphatic rings. The number of halogens is 1. The molecule has 27 heavy (non-hydrogen) atoms. The summed E-state index contributed by atoms with van der Waals surface area (Å²) in [4.78, 5) is 12.4. The van der Waals surface area contributed by atoms with E-state index in [9.17, 15) is 4.79 Å². The highest BCUT2D eigenvalue weighted by molar-refractivity contribution is 6.31. The smallest absolute Gasteiger partial charge is 0.261 e. The normalized spacial score (nSPS) is 11.8. The molecule has 1 unspecified atom stereocenters. The minimum absolute atomic E-state index is 0.170. The molecule has 1 atom stereocenters. The van der Waals surface area contributed by atoms with Crippen LogP contribution in [-0.4, -0.2) is 21.8 Å². The Kier molecular flexibility index (Phi) is 6.14. The first-order valence-corrected chi connectivity index (χ1v) is 9.15. The Hall–Kier alpha value is -2.79. The Morgan fingerprint density at radius 2 is 2.00 bits per heavy atom. The average molecular weight is 384 g/mol. The summed E-state index contributed by atoms with van der Waals surface area (Å²) < 4.78 is 7.59. The maximum Gasteiger partial charge on any atom is 0.261 e. The standard InChI is InChI=1S/C21H22ClN3O2/c1-15-12-19(8-9-20(15)22)27-16(2)21(26)23-13-17-6-3-4-7-18(17)14-25-11-5-10-24-25/h3-12,16H,13-14H2,1-2H3,(H,23,26). The number of hydrogen-bond donors (Lipinski definition) is 1. The van der Waals surface area contributed by atoms with Crippen LogP contribution in [0.15, 0.2) is 60.9 Å². The van der Waals surface area contributed by atoms with E-state index in [-0.39, 0.29) is 5.91 Å². The van der Waals surface area contributed by atoms with E-state index in [1.54, 1.807) is 25.3 Å². The third-order valence-electron chi connectivity index (χ3n) is 4.27. The number of carbonyl (C=O) groups is 1. The molecule has 0 spiro atoms. The van der Waals surface area contributed by atoms with Gasteiger partial charge >= 0.3 is 0 Å². The first-order valence-electron chi connectivity index (χ1n) is 8.77. The second kappa shape index (κ2) is 8.73. The lowest BCUT2D eigenvalue weighted by molar-refractivity contribution is -0.127. The molecular weight excluding hydrogens is 362 g/mol. The van der Waals surface area contributed by atoms with Gasteiger partial charge in [0.25, 0.3) is 5.91 Å². The highest BCUT2D eigenvalue weighted by Crippen LogP contribution is 2.22. The van der Waals surface area contributed by atoms with E-state index in [0.29, 0.717) is 23.9 Å². The predicted molar refractivity (Wildman–Crippen MR) is 106 cm³/mol. The van der Waals surface area contributed by atoms with Gasteiger partial charge in [0.05, 0.1) is 6.54 Å². The van der Waals surface area contributed by atoms with Crippen LogP contribution in [0.3, 0.4) is 0 Å². The maximum atomic E-state index is 12.4. The van der Waals surface area contributed by atoms with Crippen LogP contribution in [0.2, 0.25) is 5.02 Å². The zero-order chi connectivity index (χ0) is 19.2. The molecule has 0 aliphatic carbocycles. The summed E-state index contributed by atoms with van der Waals surface area (Å²) in [6.07, 6.45) is 3.06. The Bertz CT molecular complexity index is 910. The van der Waals surface area contributed by atoms with E-state index in [1.807, 2.05) is 54.2 Å². The van der Waals surface area contributed by atoms with E-state index in [2.05, 4.69) is 10.4 Å². The number of nitrogens with one attached hydrogen (secondary N) is 1. The van der Waals surface area contributed by atoms with Crippen molar-refractivity contribution >= 4 is 17.5 Å². The van der Waals surface area contributed by atoms with Crippen molar-refractivity contribution in [2.75, 3.05) is 0 Å². The van der Waals surface area contributed by atoms with Gasteiger partial charge < -0.3 is 10.1 Å². The number of aryl methyl sites for hydroxylation is 1. The van der Waals surface area contributed by atoms with Crippen molar-refractivity contribution in [2.45, 2.75) is 33.0 Å². The quantitative estimate of drug-likeness (QED) is 0.671. The highest BCUT2D eigenvalue weighted by Gasteiger charge is 2.15. The van der Waals surface area contributed by atoms with Crippen LogP contribution in [0.1, 0.15) is 23.6 Å². The topological polar surface area (TPSA) is 56.1 Å². The molecule has 140 valence electrons. The fraction of sp³-hybridized carbons (Fsp3) is 0.238. The van der Waals surface area contributed by atoms with Crippen molar-refractivity contribution in [1.29, 1.82) is 0 Å². The van der Waals surface area contributed by atoms with Crippen molar-refractivity contribution in [3.8, 4) is 5.75 Å². The molecule has 3 rings (SSSR count). The van der Waals surface area contributed by atoms with Crippen LogP contribution in [0.5, 0.6) is 5.75 Å². The number of rotatable bonds is 7. The zero-order valence-electron chi connectivity index (χ0n) is 15.4. The van der Waals surface area contributed by atoms with Gasteiger partial charge in [0.15, 0.2) is 6.10 Å². The third kappa shape index (κ3) is 5.11. The maximum absolute atomic E-state index is 12.4. The number of nitrogens with zero attached hydrogens (tertiary/aromatic N) is 2. The average Bonchev–Trinajstić information content (AvgIpc) is 3.17. The number of hydrogen-bond acceptors (Lipinski definition) is 3. The number of benzene rings is 2. The lowest BCUT2D eigenvalue weighted by Crippen LogP contribution is -2.36. The first-order chi connectivity index (χ1) is 13.0. The van der Waals surface area contributed by atoms with Gasteiger partial charge in [-0.1, -0.05) is 35.9 Å². The summed E-state index contributed by atoms with van der Waals surface area (Å²) in [6.45, 7) is 4.73. The highest BCUT2D eigenvalue weighted by atomic mass is 35.5. The monoisotopic (exact) mass is 383 g/mol. The predicted octanol–water partition coefficient (Wildman–Crippen LogP) is 3.98. The summed E-state index contributed by atoms with van der Waals surface area (Å²) in [7, 11) is 0. The molecule has 1 heterocycles. The van der Waals surface area contributed by atoms with Crippen LogP contribution in [0, 0.1) is 6.92 Å². The minimum Gasteiger partial charge on any atom is -0.481 e. The van der Waals surface area contributed by atoms with Gasteiger partial charge in [-0.05, 0) is 54.8 Å². The fourth-order valence-corrected chi connectivity index (χ4v) is 2.84. The van der Waals surface area contributed by atoms with E-state index in [1.165, 1.54) is 0 Å². The second-order valence-corrected chi connectivity index (χ2v) is 6.77. The van der Waals surface area contributed by atoms with Gasteiger partial charge in [0, 0.05) is 24.0 Å². The van der Waals surface area contributed by atoms with E-state index < -0.39 is 6.10 Å². The van der Waals surface area contributed by atoms with E-state index >= 15 is 0 Å². The molecule has 0 fully saturated rings. The van der Waals surface area contributed by atoms with Crippen molar-refractivity contribution in [1.82, 2.24) is 15.1 Å². The number of ether oxygens (including phenoxy) is 1. The first kappa shape index (κ1) is 19.0. The van der Waals surface area contributed by atoms with Crippen molar-refractivity contribution in [2.24, 2.45) is 0 Å². The summed E-state index contributed by atoms with van der Waals surface area (Å²) in [5, 5.41) is 7.86. The van der Waals surface area contributed by atoms with Gasteiger partial charge in [-0.2, -0.15) is 5.10 Å². The van der Waals surface area contributed by atoms with Crippen molar-refractivity contribution in [3.63, 3.8) is 0 Å². The molecule has 0 bridgehead atoms.